The van der Waals surface area contributed by atoms with E-state index in [2.05, 4.69) is 15.9 Å². The first-order valence-corrected chi connectivity index (χ1v) is 7.62. The number of benzene rings is 1. The van der Waals surface area contributed by atoms with Gasteiger partial charge in [0.2, 0.25) is 10.0 Å². The van der Waals surface area contributed by atoms with Crippen molar-refractivity contribution >= 4 is 31.9 Å². The average Bonchev–Trinajstić information content (AvgIpc) is 2.28. The van der Waals surface area contributed by atoms with Gasteiger partial charge in [-0.2, -0.15) is 4.72 Å². The largest absolute Gasteiger partial charge is 0.480 e. The third kappa shape index (κ3) is 4.00. The van der Waals surface area contributed by atoms with Crippen molar-refractivity contribution < 1.29 is 23.4 Å². The first kappa shape index (κ1) is 16.1. The molecule has 1 aromatic carbocycles. The second-order valence-corrected chi connectivity index (χ2v) is 6.66. The number of carboxylic acids is 1. The average molecular weight is 352 g/mol. The summed E-state index contributed by atoms with van der Waals surface area (Å²) in [6, 6.07) is 2.73. The molecular weight excluding hydrogens is 338 g/mol. The lowest BCUT2D eigenvalue weighted by Crippen LogP contribution is -2.47. The van der Waals surface area contributed by atoms with Gasteiger partial charge in [0.05, 0.1) is 11.0 Å². The number of aliphatic hydroxyl groups excluding tert-OH is 1. The van der Waals surface area contributed by atoms with Crippen molar-refractivity contribution in [3.8, 4) is 0 Å². The molecule has 0 heterocycles. The summed E-state index contributed by atoms with van der Waals surface area (Å²) >= 11 is 3.24. The Morgan fingerprint density at radius 1 is 1.42 bits per heavy atom. The number of sulfonamides is 1. The van der Waals surface area contributed by atoms with E-state index in [0.717, 1.165) is 4.47 Å². The van der Waals surface area contributed by atoms with E-state index in [1.54, 1.807) is 13.0 Å². The van der Waals surface area contributed by atoms with Crippen LogP contribution in [-0.2, 0) is 14.8 Å². The lowest BCUT2D eigenvalue weighted by atomic mass is 10.2. The Balaban J connectivity index is 3.10. The van der Waals surface area contributed by atoms with Gasteiger partial charge in [-0.3, -0.25) is 4.79 Å². The normalized spacial score (nSPS) is 14.9. The molecule has 8 heteroatoms. The maximum atomic E-state index is 12.0. The number of aryl methyl sites for hydroxylation is 1. The maximum absolute atomic E-state index is 12.0. The van der Waals surface area contributed by atoms with Gasteiger partial charge in [-0.05, 0) is 37.6 Å². The van der Waals surface area contributed by atoms with Gasteiger partial charge in [-0.25, -0.2) is 8.42 Å². The van der Waals surface area contributed by atoms with Crippen LogP contribution in [-0.4, -0.2) is 36.7 Å². The molecule has 2 atom stereocenters. The Hall–Kier alpha value is -0.960. The van der Waals surface area contributed by atoms with Gasteiger partial charge in [0.25, 0.3) is 0 Å². The van der Waals surface area contributed by atoms with Crippen molar-refractivity contribution in [2.45, 2.75) is 30.9 Å². The molecule has 106 valence electrons. The van der Waals surface area contributed by atoms with Gasteiger partial charge in [-0.1, -0.05) is 15.9 Å². The molecule has 0 radical (unpaired) electrons. The summed E-state index contributed by atoms with van der Waals surface area (Å²) in [5, 5.41) is 18.1. The number of aliphatic hydroxyl groups is 1. The Bertz CT molecular complexity index is 585. The molecule has 0 aliphatic heterocycles. The Kier molecular flexibility index (Phi) is 5.08. The van der Waals surface area contributed by atoms with Gasteiger partial charge in [0.15, 0.2) is 0 Å². The summed E-state index contributed by atoms with van der Waals surface area (Å²) in [5.74, 6) is -1.44. The van der Waals surface area contributed by atoms with Crippen LogP contribution in [0.4, 0.5) is 0 Å². The second kappa shape index (κ2) is 6.00. The minimum absolute atomic E-state index is 0.0555. The van der Waals surface area contributed by atoms with Crippen LogP contribution in [0.25, 0.3) is 0 Å². The van der Waals surface area contributed by atoms with Crippen LogP contribution >= 0.6 is 15.9 Å². The quantitative estimate of drug-likeness (QED) is 0.730. The molecule has 0 aromatic heterocycles. The zero-order valence-electron chi connectivity index (χ0n) is 10.3. The predicted molar refractivity (Wildman–Crippen MR) is 72.3 cm³/mol. The number of hydrogen-bond donors (Lipinski definition) is 3. The highest BCUT2D eigenvalue weighted by atomic mass is 79.9. The molecule has 0 saturated heterocycles. The topological polar surface area (TPSA) is 104 Å². The predicted octanol–water partition coefficient (Wildman–Crippen LogP) is 0.870. The van der Waals surface area contributed by atoms with Gasteiger partial charge in [0, 0.05) is 4.47 Å². The number of carboxylic acid groups (broad SMARTS) is 1. The molecular formula is C11H14BrNO5S. The van der Waals surface area contributed by atoms with Crippen LogP contribution in [0.5, 0.6) is 0 Å². The van der Waals surface area contributed by atoms with E-state index in [0.29, 0.717) is 5.56 Å². The van der Waals surface area contributed by atoms with E-state index in [4.69, 9.17) is 5.11 Å². The fourth-order valence-corrected chi connectivity index (χ4v) is 2.97. The second-order valence-electron chi connectivity index (χ2n) is 4.09. The lowest BCUT2D eigenvalue weighted by Gasteiger charge is -2.17. The van der Waals surface area contributed by atoms with Crippen LogP contribution in [0.2, 0.25) is 0 Å². The molecule has 0 bridgehead atoms. The molecule has 0 saturated carbocycles. The van der Waals surface area contributed by atoms with Crippen LogP contribution in [0, 0.1) is 6.92 Å². The summed E-state index contributed by atoms with van der Waals surface area (Å²) in [4.78, 5) is 10.8. The highest BCUT2D eigenvalue weighted by Crippen LogP contribution is 2.20. The van der Waals surface area contributed by atoms with Crippen molar-refractivity contribution in [3.05, 3.63) is 28.2 Å². The minimum Gasteiger partial charge on any atom is -0.480 e. The Labute approximate surface area is 119 Å². The molecule has 19 heavy (non-hydrogen) atoms. The molecule has 3 N–H and O–H groups in total. The third-order valence-electron chi connectivity index (χ3n) is 2.47. The summed E-state index contributed by atoms with van der Waals surface area (Å²) in [6.45, 7) is 2.92. The third-order valence-corrected chi connectivity index (χ3v) is 4.80. The highest BCUT2D eigenvalue weighted by Gasteiger charge is 2.29. The van der Waals surface area contributed by atoms with Gasteiger partial charge < -0.3 is 10.2 Å². The van der Waals surface area contributed by atoms with Crippen molar-refractivity contribution in [1.82, 2.24) is 4.72 Å². The number of halogens is 1. The summed E-state index contributed by atoms with van der Waals surface area (Å²) in [6.07, 6.45) is -1.34. The first-order chi connectivity index (χ1) is 8.65. The highest BCUT2D eigenvalue weighted by molar-refractivity contribution is 9.10. The van der Waals surface area contributed by atoms with Crippen molar-refractivity contribution in [1.29, 1.82) is 0 Å². The van der Waals surface area contributed by atoms with Crippen molar-refractivity contribution in [2.75, 3.05) is 0 Å². The SMILES string of the molecule is Cc1cc(S(=O)(=O)N[C@H](C(=O)O)[C@@H](C)O)ccc1Br. The number of rotatable bonds is 5. The minimum atomic E-state index is -4.00. The van der Waals surface area contributed by atoms with E-state index in [1.807, 2.05) is 4.72 Å². The van der Waals surface area contributed by atoms with E-state index in [-0.39, 0.29) is 4.90 Å². The molecule has 6 nitrogen and oxygen atoms in total. The van der Waals surface area contributed by atoms with Gasteiger partial charge in [-0.15, -0.1) is 0 Å². The number of aliphatic carboxylic acids is 1. The smallest absolute Gasteiger partial charge is 0.324 e. The summed E-state index contributed by atoms with van der Waals surface area (Å²) in [7, 11) is -4.00. The van der Waals surface area contributed by atoms with Crippen molar-refractivity contribution in [2.24, 2.45) is 0 Å². The standard InChI is InChI=1S/C11H14BrNO5S/c1-6-5-8(3-4-9(6)12)19(17,18)13-10(7(2)14)11(15)16/h3-5,7,10,13-14H,1-2H3,(H,15,16)/t7-,10+/m1/s1. The zero-order valence-corrected chi connectivity index (χ0v) is 12.7. The number of carbonyl (C=O) groups is 1. The molecule has 0 aliphatic rings. The fraction of sp³-hybridized carbons (Fsp3) is 0.364. The Morgan fingerprint density at radius 3 is 2.42 bits per heavy atom. The number of hydrogen-bond acceptors (Lipinski definition) is 4. The monoisotopic (exact) mass is 351 g/mol. The molecule has 0 spiro atoms. The summed E-state index contributed by atoms with van der Waals surface area (Å²) in [5.41, 5.74) is 0.701. The van der Waals surface area contributed by atoms with Gasteiger partial charge in [0.1, 0.15) is 6.04 Å². The summed E-state index contributed by atoms with van der Waals surface area (Å²) < 4.78 is 26.7. The van der Waals surface area contributed by atoms with E-state index in [1.165, 1.54) is 19.1 Å². The molecule has 1 rings (SSSR count). The van der Waals surface area contributed by atoms with Crippen molar-refractivity contribution in [3.63, 3.8) is 0 Å². The molecule has 0 unspecified atom stereocenters. The lowest BCUT2D eigenvalue weighted by molar-refractivity contribution is -0.141. The molecule has 0 aliphatic carbocycles. The van der Waals surface area contributed by atoms with Crippen LogP contribution in [0.1, 0.15) is 12.5 Å². The first-order valence-electron chi connectivity index (χ1n) is 5.34. The zero-order chi connectivity index (χ0) is 14.8. The van der Waals surface area contributed by atoms with E-state index >= 15 is 0 Å². The van der Waals surface area contributed by atoms with E-state index < -0.39 is 28.1 Å². The van der Waals surface area contributed by atoms with Crippen LogP contribution < -0.4 is 4.72 Å². The fourth-order valence-electron chi connectivity index (χ4n) is 1.37. The van der Waals surface area contributed by atoms with Gasteiger partial charge >= 0.3 is 5.97 Å². The molecule has 0 fully saturated rings. The maximum Gasteiger partial charge on any atom is 0.324 e. The van der Waals surface area contributed by atoms with E-state index in [9.17, 15) is 18.3 Å². The molecule has 1 aromatic rings. The van der Waals surface area contributed by atoms with Crippen LogP contribution in [0.15, 0.2) is 27.6 Å². The number of nitrogens with one attached hydrogen (secondary N) is 1. The molecule has 0 amide bonds. The van der Waals surface area contributed by atoms with Crippen LogP contribution in [0.3, 0.4) is 0 Å². The Morgan fingerprint density at radius 2 is 2.00 bits per heavy atom.